The van der Waals surface area contributed by atoms with Crippen LogP contribution in [0.4, 0.5) is 17.1 Å². The zero-order valence-corrected chi connectivity index (χ0v) is 31.8. The van der Waals surface area contributed by atoms with Crippen molar-refractivity contribution in [2.45, 2.75) is 0 Å². The van der Waals surface area contributed by atoms with Crippen molar-refractivity contribution in [3.05, 3.63) is 176 Å². The third kappa shape index (κ3) is 3.60. The molecule has 262 valence electrons. The van der Waals surface area contributed by atoms with E-state index in [4.69, 9.17) is 4.42 Å². The van der Waals surface area contributed by atoms with E-state index in [1.165, 1.54) is 97.9 Å². The fourth-order valence-corrected chi connectivity index (χ4v) is 16.9. The standard InChI is InChI=1S/C52H31BN2OSi/c1-2-14-31-30(13-1)27-28-39-47(31)36-19-11-18-34(50(36)54-39)37-29-42-48(35-17-3-7-22-41(35)56-42)52-49(37)53-38-20-12-26-46-51(38)55(52)40-21-6-10-25-45(40)57(46)43-23-8-4-15-32(43)33-16-5-9-24-44(33)57/h1-29,53-54H. The molecule has 14 rings (SSSR count). The fraction of sp³-hybridized carbons (Fsp3) is 0. The van der Waals surface area contributed by atoms with Crippen molar-refractivity contribution in [2.24, 2.45) is 0 Å². The van der Waals surface area contributed by atoms with Crippen molar-refractivity contribution < 1.29 is 4.42 Å². The predicted octanol–water partition coefficient (Wildman–Crippen LogP) is 8.88. The van der Waals surface area contributed by atoms with Crippen LogP contribution in [0, 0.1) is 0 Å². The minimum atomic E-state index is -2.71. The normalized spacial score (nSPS) is 14.2. The fourth-order valence-electron chi connectivity index (χ4n) is 11.3. The number of H-pyrrole nitrogens is 1. The Labute approximate surface area is 329 Å². The third-order valence-corrected chi connectivity index (χ3v) is 18.3. The third-order valence-electron chi connectivity index (χ3n) is 13.4. The van der Waals surface area contributed by atoms with Gasteiger partial charge in [0.15, 0.2) is 15.4 Å². The topological polar surface area (TPSA) is 32.2 Å². The van der Waals surface area contributed by atoms with Gasteiger partial charge in [0.2, 0.25) is 0 Å². The molecule has 0 saturated heterocycles. The molecule has 0 saturated carbocycles. The SMILES string of the molecule is B1c2cccc3c2N(c2ccccc2[Si]32c3ccccc3-c3ccccc32)c2c1c(-c1cccc3c1[nH]c1ccc4ccccc4c13)cc1oc3ccccc3c21. The van der Waals surface area contributed by atoms with Crippen LogP contribution in [-0.2, 0) is 0 Å². The average Bonchev–Trinajstić information content (AvgIpc) is 3.94. The average molecular weight is 739 g/mol. The molecule has 11 aromatic rings. The van der Waals surface area contributed by atoms with Crippen LogP contribution in [0.2, 0.25) is 0 Å². The Hall–Kier alpha value is -7.08. The lowest BCUT2D eigenvalue weighted by molar-refractivity contribution is 0.669. The molecule has 5 heterocycles. The van der Waals surface area contributed by atoms with E-state index in [-0.39, 0.29) is 0 Å². The van der Waals surface area contributed by atoms with Crippen LogP contribution < -0.4 is 36.6 Å². The first kappa shape index (κ1) is 30.2. The molecule has 57 heavy (non-hydrogen) atoms. The number of rotatable bonds is 1. The van der Waals surface area contributed by atoms with Crippen LogP contribution in [0.1, 0.15) is 0 Å². The first-order valence-corrected chi connectivity index (χ1v) is 21.9. The molecule has 0 bridgehead atoms. The molecular formula is C52H31BN2OSi. The summed E-state index contributed by atoms with van der Waals surface area (Å²) in [5.74, 6) is 0. The van der Waals surface area contributed by atoms with Gasteiger partial charge in [0.1, 0.15) is 11.2 Å². The minimum absolute atomic E-state index is 0.815. The Balaban J connectivity index is 1.13. The summed E-state index contributed by atoms with van der Waals surface area (Å²) in [4.78, 5) is 6.56. The van der Waals surface area contributed by atoms with Gasteiger partial charge in [-0.15, -0.1) is 0 Å². The van der Waals surface area contributed by atoms with Crippen LogP contribution in [-0.4, -0.2) is 20.3 Å². The number of hydrogen-bond acceptors (Lipinski definition) is 2. The molecule has 3 aliphatic heterocycles. The lowest BCUT2D eigenvalue weighted by atomic mass is 9.57. The number of aromatic amines is 1. The summed E-state index contributed by atoms with van der Waals surface area (Å²) in [6, 6.07) is 65.9. The molecule has 0 unspecified atom stereocenters. The van der Waals surface area contributed by atoms with Gasteiger partial charge >= 0.3 is 0 Å². The molecule has 0 amide bonds. The van der Waals surface area contributed by atoms with Crippen LogP contribution >= 0.6 is 0 Å². The first-order valence-electron chi connectivity index (χ1n) is 19.9. The molecule has 9 aromatic carbocycles. The van der Waals surface area contributed by atoms with Crippen LogP contribution in [0.3, 0.4) is 0 Å². The largest absolute Gasteiger partial charge is 0.456 e. The number of fused-ring (bicyclic) bond motifs is 20. The number of furan rings is 1. The molecule has 0 radical (unpaired) electrons. The number of nitrogens with one attached hydrogen (secondary N) is 1. The number of nitrogens with zero attached hydrogens (tertiary/aromatic N) is 1. The number of anilines is 3. The Kier molecular flexibility index (Phi) is 5.62. The van der Waals surface area contributed by atoms with Gasteiger partial charge in [-0.2, -0.15) is 0 Å². The van der Waals surface area contributed by atoms with Gasteiger partial charge in [-0.3, -0.25) is 0 Å². The highest BCUT2D eigenvalue weighted by molar-refractivity contribution is 7.24. The molecule has 0 fully saturated rings. The van der Waals surface area contributed by atoms with Gasteiger partial charge in [-0.25, -0.2) is 0 Å². The molecule has 0 atom stereocenters. The van der Waals surface area contributed by atoms with Crippen LogP contribution in [0.15, 0.2) is 180 Å². The highest BCUT2D eigenvalue weighted by Crippen LogP contribution is 2.48. The second kappa shape index (κ2) is 10.6. The molecule has 5 heteroatoms. The quantitative estimate of drug-likeness (QED) is 0.171. The van der Waals surface area contributed by atoms with E-state index >= 15 is 0 Å². The summed E-state index contributed by atoms with van der Waals surface area (Å²) >= 11 is 0. The maximum absolute atomic E-state index is 6.88. The molecule has 1 spiro atoms. The lowest BCUT2D eigenvalue weighted by Gasteiger charge is -2.47. The lowest BCUT2D eigenvalue weighted by Crippen LogP contribution is -2.76. The number of aromatic nitrogens is 1. The summed E-state index contributed by atoms with van der Waals surface area (Å²) in [5.41, 5.74) is 15.9. The van der Waals surface area contributed by atoms with E-state index in [1.807, 2.05) is 0 Å². The van der Waals surface area contributed by atoms with E-state index in [0.717, 1.165) is 34.9 Å². The Morgan fingerprint density at radius 1 is 0.474 bits per heavy atom. The predicted molar refractivity (Wildman–Crippen MR) is 243 cm³/mol. The van der Waals surface area contributed by atoms with Gasteiger partial charge < -0.3 is 14.3 Å². The summed E-state index contributed by atoms with van der Waals surface area (Å²) < 4.78 is 6.88. The van der Waals surface area contributed by atoms with Gasteiger partial charge in [-0.1, -0.05) is 157 Å². The van der Waals surface area contributed by atoms with Gasteiger partial charge in [-0.05, 0) is 77.9 Å². The van der Waals surface area contributed by atoms with E-state index < -0.39 is 8.07 Å². The second-order valence-electron chi connectivity index (χ2n) is 16.0. The Morgan fingerprint density at radius 3 is 2.00 bits per heavy atom. The van der Waals surface area contributed by atoms with Crippen molar-refractivity contribution in [3.63, 3.8) is 0 Å². The summed E-state index contributed by atoms with van der Waals surface area (Å²) in [6.45, 7) is 0. The highest BCUT2D eigenvalue weighted by Gasteiger charge is 2.55. The minimum Gasteiger partial charge on any atom is -0.456 e. The summed E-state index contributed by atoms with van der Waals surface area (Å²) in [5, 5.41) is 13.3. The van der Waals surface area contributed by atoms with E-state index in [9.17, 15) is 0 Å². The molecule has 3 aliphatic rings. The number of benzene rings is 9. The highest BCUT2D eigenvalue weighted by atomic mass is 28.3. The van der Waals surface area contributed by atoms with E-state index in [1.54, 1.807) is 0 Å². The van der Waals surface area contributed by atoms with Crippen LogP contribution in [0.25, 0.3) is 76.8 Å². The smallest absolute Gasteiger partial charge is 0.198 e. The molecular weight excluding hydrogens is 707 g/mol. The number of hydrogen-bond donors (Lipinski definition) is 1. The van der Waals surface area contributed by atoms with Gasteiger partial charge in [0.25, 0.3) is 0 Å². The van der Waals surface area contributed by atoms with Crippen molar-refractivity contribution in [2.75, 3.05) is 4.90 Å². The monoisotopic (exact) mass is 738 g/mol. The second-order valence-corrected chi connectivity index (χ2v) is 19.6. The van der Waals surface area contributed by atoms with Crippen molar-refractivity contribution in [1.29, 1.82) is 0 Å². The Morgan fingerprint density at radius 2 is 1.14 bits per heavy atom. The molecule has 3 nitrogen and oxygen atoms in total. The number of para-hydroxylation sites is 4. The van der Waals surface area contributed by atoms with Crippen molar-refractivity contribution >= 4 is 119 Å². The maximum atomic E-state index is 6.88. The van der Waals surface area contributed by atoms with E-state index in [2.05, 4.69) is 186 Å². The van der Waals surface area contributed by atoms with Crippen LogP contribution in [0.5, 0.6) is 0 Å². The zero-order chi connectivity index (χ0) is 37.0. The summed E-state index contributed by atoms with van der Waals surface area (Å²) in [7, 11) is -1.89. The maximum Gasteiger partial charge on any atom is 0.198 e. The van der Waals surface area contributed by atoms with Crippen molar-refractivity contribution in [1.82, 2.24) is 4.98 Å². The van der Waals surface area contributed by atoms with E-state index in [0.29, 0.717) is 0 Å². The van der Waals surface area contributed by atoms with Gasteiger partial charge in [0, 0.05) is 38.6 Å². The first-order chi connectivity index (χ1) is 28.3. The zero-order valence-electron chi connectivity index (χ0n) is 30.8. The van der Waals surface area contributed by atoms with Gasteiger partial charge in [0.05, 0.1) is 16.6 Å². The molecule has 0 aliphatic carbocycles. The Bertz CT molecular complexity index is 3550. The molecule has 2 aromatic heterocycles. The summed E-state index contributed by atoms with van der Waals surface area (Å²) in [6.07, 6.45) is 0. The molecule has 1 N–H and O–H groups in total. The van der Waals surface area contributed by atoms with Crippen molar-refractivity contribution in [3.8, 4) is 22.3 Å².